The number of rotatable bonds is 7. The third-order valence-electron chi connectivity index (χ3n) is 4.09. The lowest BCUT2D eigenvalue weighted by Crippen LogP contribution is -2.20. The smallest absolute Gasteiger partial charge is 0.325 e. The number of unbranched alkanes of at least 4 members (excludes halogenated alkanes) is 1. The van der Waals surface area contributed by atoms with Crippen molar-refractivity contribution in [3.05, 3.63) is 64.2 Å². The molecular formula is C20H22N4O2S. The zero-order chi connectivity index (χ0) is 19.2. The Balaban J connectivity index is 1.60. The maximum Gasteiger partial charge on any atom is 0.355 e. The van der Waals surface area contributed by atoms with Crippen LogP contribution in [0.2, 0.25) is 0 Å². The normalized spacial score (nSPS) is 10.9. The fourth-order valence-electron chi connectivity index (χ4n) is 2.62. The molecule has 0 fully saturated rings. The molecule has 7 heteroatoms. The Hall–Kier alpha value is -2.67. The third-order valence-corrected chi connectivity index (χ3v) is 4.93. The Kier molecular flexibility index (Phi) is 6.24. The van der Waals surface area contributed by atoms with E-state index in [9.17, 15) is 9.59 Å². The predicted octanol–water partition coefficient (Wildman–Crippen LogP) is 3.47. The van der Waals surface area contributed by atoms with E-state index in [0.717, 1.165) is 42.3 Å². The number of anilines is 1. The number of amides is 1. The topological polar surface area (TPSA) is 76.4 Å². The molecule has 0 bridgehead atoms. The summed E-state index contributed by atoms with van der Waals surface area (Å²) in [6.45, 7) is 4.10. The molecule has 27 heavy (non-hydrogen) atoms. The number of carbonyl (C=O) groups excluding carboxylic acids is 1. The maximum absolute atomic E-state index is 12.2. The molecule has 0 radical (unpaired) electrons. The minimum atomic E-state index is -0.398. The summed E-state index contributed by atoms with van der Waals surface area (Å²) in [6.07, 6.45) is 5.02. The van der Waals surface area contributed by atoms with Gasteiger partial charge in [-0.2, -0.15) is 4.98 Å². The van der Waals surface area contributed by atoms with Gasteiger partial charge in [-0.15, -0.1) is 0 Å². The van der Waals surface area contributed by atoms with Crippen molar-refractivity contribution < 1.29 is 4.79 Å². The van der Waals surface area contributed by atoms with Crippen molar-refractivity contribution in [2.75, 3.05) is 11.1 Å². The molecule has 6 nitrogen and oxygen atoms in total. The van der Waals surface area contributed by atoms with Gasteiger partial charge in [0, 0.05) is 11.9 Å². The maximum atomic E-state index is 12.2. The van der Waals surface area contributed by atoms with Crippen LogP contribution in [0.15, 0.2) is 52.5 Å². The zero-order valence-electron chi connectivity index (χ0n) is 15.4. The molecule has 2 heterocycles. The number of fused-ring (bicyclic) bond motifs is 1. The van der Waals surface area contributed by atoms with E-state index < -0.39 is 5.69 Å². The number of benzene rings is 1. The van der Waals surface area contributed by atoms with Gasteiger partial charge >= 0.3 is 5.69 Å². The second-order valence-corrected chi connectivity index (χ2v) is 7.30. The molecule has 0 atom stereocenters. The van der Waals surface area contributed by atoms with Crippen LogP contribution in [0, 0.1) is 6.92 Å². The summed E-state index contributed by atoms with van der Waals surface area (Å²) in [7, 11) is 0. The highest BCUT2D eigenvalue weighted by molar-refractivity contribution is 7.99. The molecule has 0 unspecified atom stereocenters. The van der Waals surface area contributed by atoms with Crippen molar-refractivity contribution in [1.82, 2.24) is 14.4 Å². The number of aromatic nitrogens is 3. The summed E-state index contributed by atoms with van der Waals surface area (Å²) in [5, 5.41) is 3.16. The second-order valence-electron chi connectivity index (χ2n) is 6.36. The van der Waals surface area contributed by atoms with E-state index in [0.29, 0.717) is 10.8 Å². The van der Waals surface area contributed by atoms with Crippen LogP contribution in [0.5, 0.6) is 0 Å². The Morgan fingerprint density at radius 3 is 2.70 bits per heavy atom. The second kappa shape index (κ2) is 8.81. The molecule has 1 amide bonds. The molecule has 0 aliphatic heterocycles. The molecule has 1 N–H and O–H groups in total. The van der Waals surface area contributed by atoms with Gasteiger partial charge in [0.15, 0.2) is 5.16 Å². The molecule has 3 rings (SSSR count). The summed E-state index contributed by atoms with van der Waals surface area (Å²) >= 11 is 1.15. The quantitative estimate of drug-likeness (QED) is 0.633. The van der Waals surface area contributed by atoms with Gasteiger partial charge in [0.2, 0.25) is 5.91 Å². The first-order chi connectivity index (χ1) is 13.0. The van der Waals surface area contributed by atoms with Gasteiger partial charge in [-0.1, -0.05) is 37.2 Å². The van der Waals surface area contributed by atoms with Crippen molar-refractivity contribution in [3.63, 3.8) is 0 Å². The fourth-order valence-corrected chi connectivity index (χ4v) is 3.26. The fraction of sp³-hybridized carbons (Fsp3) is 0.300. The van der Waals surface area contributed by atoms with E-state index >= 15 is 0 Å². The van der Waals surface area contributed by atoms with Crippen LogP contribution in [0.4, 0.5) is 5.69 Å². The molecule has 3 aromatic rings. The number of nitrogens with zero attached hydrogens (tertiary/aromatic N) is 3. The first kappa shape index (κ1) is 19.1. The number of pyridine rings is 1. The van der Waals surface area contributed by atoms with Crippen LogP contribution in [0.25, 0.3) is 5.65 Å². The largest absolute Gasteiger partial charge is 0.355 e. The minimum absolute atomic E-state index is 0.138. The van der Waals surface area contributed by atoms with Crippen LogP contribution >= 0.6 is 11.8 Å². The predicted molar refractivity (Wildman–Crippen MR) is 108 cm³/mol. The first-order valence-corrected chi connectivity index (χ1v) is 9.92. The lowest BCUT2D eigenvalue weighted by Gasteiger charge is -2.07. The van der Waals surface area contributed by atoms with E-state index in [1.807, 2.05) is 43.3 Å². The molecular weight excluding hydrogens is 360 g/mol. The Morgan fingerprint density at radius 1 is 1.19 bits per heavy atom. The van der Waals surface area contributed by atoms with Gasteiger partial charge in [0.1, 0.15) is 5.65 Å². The van der Waals surface area contributed by atoms with Crippen molar-refractivity contribution in [3.8, 4) is 0 Å². The Labute approximate surface area is 162 Å². The summed E-state index contributed by atoms with van der Waals surface area (Å²) in [5.41, 5.74) is 3.16. The van der Waals surface area contributed by atoms with Crippen LogP contribution in [0.1, 0.15) is 30.9 Å². The molecule has 0 saturated heterocycles. The number of aryl methyl sites for hydroxylation is 2. The van der Waals surface area contributed by atoms with E-state index in [1.165, 1.54) is 9.96 Å². The summed E-state index contributed by atoms with van der Waals surface area (Å²) in [4.78, 5) is 32.5. The zero-order valence-corrected chi connectivity index (χ0v) is 16.3. The van der Waals surface area contributed by atoms with Crippen molar-refractivity contribution >= 4 is 29.0 Å². The lowest BCUT2D eigenvalue weighted by atomic mass is 10.1. The van der Waals surface area contributed by atoms with Gasteiger partial charge in [-0.05, 0) is 55.2 Å². The van der Waals surface area contributed by atoms with E-state index in [1.54, 1.807) is 6.20 Å². The van der Waals surface area contributed by atoms with Crippen molar-refractivity contribution in [2.24, 2.45) is 0 Å². The first-order valence-electron chi connectivity index (χ1n) is 8.94. The highest BCUT2D eigenvalue weighted by Crippen LogP contribution is 2.15. The monoisotopic (exact) mass is 382 g/mol. The molecule has 0 aliphatic carbocycles. The van der Waals surface area contributed by atoms with Gasteiger partial charge in [-0.25, -0.2) is 9.78 Å². The Bertz CT molecular complexity index is 999. The number of hydrogen-bond acceptors (Lipinski definition) is 5. The molecule has 1 aromatic carbocycles. The molecule has 0 aliphatic rings. The van der Waals surface area contributed by atoms with Crippen LogP contribution < -0.4 is 11.0 Å². The molecule has 140 valence electrons. The SMILES string of the molecule is CCCCc1ccc(NC(=O)CSc2nc(=O)n3ccc(C)cc3n2)cc1. The van der Waals surface area contributed by atoms with E-state index in [-0.39, 0.29) is 11.7 Å². The van der Waals surface area contributed by atoms with E-state index in [2.05, 4.69) is 22.2 Å². The van der Waals surface area contributed by atoms with Gasteiger partial charge in [-0.3, -0.25) is 9.20 Å². The molecule has 0 saturated carbocycles. The Morgan fingerprint density at radius 2 is 1.96 bits per heavy atom. The van der Waals surface area contributed by atoms with Crippen LogP contribution in [0.3, 0.4) is 0 Å². The lowest BCUT2D eigenvalue weighted by molar-refractivity contribution is -0.113. The molecule has 0 spiro atoms. The molecule has 2 aromatic heterocycles. The number of hydrogen-bond donors (Lipinski definition) is 1. The summed E-state index contributed by atoms with van der Waals surface area (Å²) in [6, 6.07) is 11.5. The average Bonchev–Trinajstić information content (AvgIpc) is 2.65. The van der Waals surface area contributed by atoms with Gasteiger partial charge < -0.3 is 5.32 Å². The van der Waals surface area contributed by atoms with Gasteiger partial charge in [0.05, 0.1) is 5.75 Å². The standard InChI is InChI=1S/C20H22N4O2S/c1-3-4-5-15-6-8-16(9-7-15)21-18(25)13-27-19-22-17-12-14(2)10-11-24(17)20(26)23-19/h6-12H,3-5,13H2,1-2H3,(H,21,25). The average molecular weight is 382 g/mol. The highest BCUT2D eigenvalue weighted by atomic mass is 32.2. The summed E-state index contributed by atoms with van der Waals surface area (Å²) in [5.74, 6) is -0.0201. The van der Waals surface area contributed by atoms with E-state index in [4.69, 9.17) is 0 Å². The van der Waals surface area contributed by atoms with Gasteiger partial charge in [0.25, 0.3) is 0 Å². The van der Waals surface area contributed by atoms with Crippen LogP contribution in [-0.4, -0.2) is 26.0 Å². The highest BCUT2D eigenvalue weighted by Gasteiger charge is 2.09. The third kappa shape index (κ3) is 5.17. The number of nitrogens with one attached hydrogen (secondary N) is 1. The number of carbonyl (C=O) groups is 1. The van der Waals surface area contributed by atoms with Crippen molar-refractivity contribution in [1.29, 1.82) is 0 Å². The summed E-state index contributed by atoms with van der Waals surface area (Å²) < 4.78 is 1.39. The van der Waals surface area contributed by atoms with Crippen LogP contribution in [-0.2, 0) is 11.2 Å². The minimum Gasteiger partial charge on any atom is -0.325 e. The van der Waals surface area contributed by atoms with Crippen molar-refractivity contribution in [2.45, 2.75) is 38.3 Å². The number of thioether (sulfide) groups is 1.